The lowest BCUT2D eigenvalue weighted by molar-refractivity contribution is 0.0693. The molecular formula is C13H17FN2O2. The average Bonchev–Trinajstić information content (AvgIpc) is 2.28. The monoisotopic (exact) mass is 252 g/mol. The molecule has 0 spiro atoms. The quantitative estimate of drug-likeness (QED) is 0.864. The largest absolute Gasteiger partial charge is 0.478 e. The number of hydrogen-bond donors (Lipinski definition) is 2. The van der Waals surface area contributed by atoms with E-state index in [1.807, 2.05) is 7.05 Å². The van der Waals surface area contributed by atoms with Crippen LogP contribution in [0.5, 0.6) is 0 Å². The molecule has 1 aromatic carbocycles. The molecule has 1 aliphatic rings. The number of rotatable bonds is 3. The van der Waals surface area contributed by atoms with E-state index in [1.165, 1.54) is 12.1 Å². The van der Waals surface area contributed by atoms with Crippen LogP contribution in [0.25, 0.3) is 0 Å². The van der Waals surface area contributed by atoms with Gasteiger partial charge in [0.1, 0.15) is 11.4 Å². The van der Waals surface area contributed by atoms with Crippen molar-refractivity contribution in [3.05, 3.63) is 29.6 Å². The van der Waals surface area contributed by atoms with Crippen LogP contribution in [-0.2, 0) is 0 Å². The fourth-order valence-electron chi connectivity index (χ4n) is 2.37. The van der Waals surface area contributed by atoms with Crippen molar-refractivity contribution in [2.45, 2.75) is 18.9 Å². The Labute approximate surface area is 105 Å². The lowest BCUT2D eigenvalue weighted by Gasteiger charge is -2.31. The summed E-state index contributed by atoms with van der Waals surface area (Å²) < 4.78 is 13.5. The van der Waals surface area contributed by atoms with Gasteiger partial charge in [-0.15, -0.1) is 0 Å². The van der Waals surface area contributed by atoms with Gasteiger partial charge >= 0.3 is 5.97 Å². The van der Waals surface area contributed by atoms with Crippen molar-refractivity contribution in [3.63, 3.8) is 0 Å². The summed E-state index contributed by atoms with van der Waals surface area (Å²) in [7, 11) is 2.03. The van der Waals surface area contributed by atoms with Crippen LogP contribution in [0.3, 0.4) is 0 Å². The molecule has 1 atom stereocenters. The van der Waals surface area contributed by atoms with Crippen LogP contribution in [0.1, 0.15) is 23.2 Å². The number of piperidine rings is 1. The number of aromatic carboxylic acids is 1. The third kappa shape index (κ3) is 2.79. The fraction of sp³-hybridized carbons (Fsp3) is 0.462. The molecule has 2 rings (SSSR count). The summed E-state index contributed by atoms with van der Waals surface area (Å²) in [6.07, 6.45) is 2.03. The Balaban J connectivity index is 2.18. The van der Waals surface area contributed by atoms with Gasteiger partial charge in [-0.2, -0.15) is 0 Å². The highest BCUT2D eigenvalue weighted by Gasteiger charge is 2.21. The maximum atomic E-state index is 13.5. The van der Waals surface area contributed by atoms with Gasteiger partial charge in [-0.25, -0.2) is 9.18 Å². The molecule has 4 nitrogen and oxygen atoms in total. The molecule has 5 heteroatoms. The van der Waals surface area contributed by atoms with Crippen molar-refractivity contribution in [1.29, 1.82) is 0 Å². The van der Waals surface area contributed by atoms with Gasteiger partial charge in [-0.1, -0.05) is 6.07 Å². The van der Waals surface area contributed by atoms with Gasteiger partial charge in [0, 0.05) is 12.6 Å². The van der Waals surface area contributed by atoms with E-state index >= 15 is 0 Å². The Morgan fingerprint density at radius 2 is 2.33 bits per heavy atom. The molecule has 0 aliphatic carbocycles. The molecule has 1 unspecified atom stereocenters. The summed E-state index contributed by atoms with van der Waals surface area (Å²) in [5.41, 5.74) is 0.0912. The zero-order chi connectivity index (χ0) is 13.1. The van der Waals surface area contributed by atoms with Crippen LogP contribution in [0.2, 0.25) is 0 Å². The van der Waals surface area contributed by atoms with Crippen molar-refractivity contribution in [3.8, 4) is 0 Å². The molecular weight excluding hydrogens is 235 g/mol. The zero-order valence-corrected chi connectivity index (χ0v) is 10.3. The maximum Gasteiger partial charge on any atom is 0.340 e. The van der Waals surface area contributed by atoms with Gasteiger partial charge in [-0.05, 0) is 38.6 Å². The molecule has 0 radical (unpaired) electrons. The number of hydrogen-bond acceptors (Lipinski definition) is 3. The predicted molar refractivity (Wildman–Crippen MR) is 67.5 cm³/mol. The summed E-state index contributed by atoms with van der Waals surface area (Å²) in [6.45, 7) is 1.89. The van der Waals surface area contributed by atoms with E-state index < -0.39 is 11.8 Å². The van der Waals surface area contributed by atoms with Gasteiger partial charge in [0.25, 0.3) is 0 Å². The first-order valence-electron chi connectivity index (χ1n) is 6.05. The average molecular weight is 252 g/mol. The third-order valence-corrected chi connectivity index (χ3v) is 3.21. The number of likely N-dealkylation sites (tertiary alicyclic amines) is 1. The van der Waals surface area contributed by atoms with E-state index in [1.54, 1.807) is 6.07 Å². The number of likely N-dealkylation sites (N-methyl/N-ethyl adjacent to an activating group) is 1. The molecule has 1 aliphatic heterocycles. The van der Waals surface area contributed by atoms with Crippen LogP contribution in [0.4, 0.5) is 10.1 Å². The van der Waals surface area contributed by atoms with Crippen LogP contribution in [0.15, 0.2) is 18.2 Å². The van der Waals surface area contributed by atoms with Crippen LogP contribution >= 0.6 is 0 Å². The molecule has 98 valence electrons. The molecule has 0 amide bonds. The molecule has 18 heavy (non-hydrogen) atoms. The number of anilines is 1. The molecule has 1 heterocycles. The summed E-state index contributed by atoms with van der Waals surface area (Å²) in [6, 6.07) is 4.48. The first-order valence-corrected chi connectivity index (χ1v) is 6.05. The minimum atomic E-state index is -1.24. The smallest absolute Gasteiger partial charge is 0.340 e. The van der Waals surface area contributed by atoms with Crippen LogP contribution in [0, 0.1) is 5.82 Å². The molecule has 1 aromatic rings. The minimum Gasteiger partial charge on any atom is -0.478 e. The summed E-state index contributed by atoms with van der Waals surface area (Å²) in [5, 5.41) is 12.2. The SMILES string of the molecule is CN1CCCC(Nc2cccc(F)c2C(=O)O)C1. The molecule has 1 saturated heterocycles. The van der Waals surface area contributed by atoms with Crippen molar-refractivity contribution in [1.82, 2.24) is 4.90 Å². The topological polar surface area (TPSA) is 52.6 Å². The summed E-state index contributed by atoms with van der Waals surface area (Å²) >= 11 is 0. The molecule has 0 aromatic heterocycles. The number of halogens is 1. The Morgan fingerprint density at radius 1 is 1.56 bits per heavy atom. The Morgan fingerprint density at radius 3 is 3.00 bits per heavy atom. The summed E-state index contributed by atoms with van der Waals surface area (Å²) in [4.78, 5) is 13.2. The first-order chi connectivity index (χ1) is 8.58. The number of benzene rings is 1. The number of carbonyl (C=O) groups is 1. The fourth-order valence-corrected chi connectivity index (χ4v) is 2.37. The molecule has 2 N–H and O–H groups in total. The van der Waals surface area contributed by atoms with E-state index in [0.29, 0.717) is 5.69 Å². The van der Waals surface area contributed by atoms with Crippen molar-refractivity contribution in [2.24, 2.45) is 0 Å². The molecule has 0 bridgehead atoms. The normalized spacial score (nSPS) is 20.7. The van der Waals surface area contributed by atoms with Gasteiger partial charge in [-0.3, -0.25) is 0 Å². The van der Waals surface area contributed by atoms with Gasteiger partial charge in [0.05, 0.1) is 5.69 Å². The highest BCUT2D eigenvalue weighted by molar-refractivity contribution is 5.94. The van der Waals surface area contributed by atoms with Crippen LogP contribution < -0.4 is 5.32 Å². The molecule has 0 saturated carbocycles. The van der Waals surface area contributed by atoms with Crippen molar-refractivity contribution >= 4 is 11.7 Å². The Bertz CT molecular complexity index is 451. The number of nitrogens with one attached hydrogen (secondary N) is 1. The minimum absolute atomic E-state index is 0.170. The third-order valence-electron chi connectivity index (χ3n) is 3.21. The van der Waals surface area contributed by atoms with Crippen LogP contribution in [-0.4, -0.2) is 42.2 Å². The second kappa shape index (κ2) is 5.35. The highest BCUT2D eigenvalue weighted by atomic mass is 19.1. The highest BCUT2D eigenvalue weighted by Crippen LogP contribution is 2.22. The van der Waals surface area contributed by atoms with E-state index in [4.69, 9.17) is 5.11 Å². The van der Waals surface area contributed by atoms with Crippen molar-refractivity contribution < 1.29 is 14.3 Å². The lowest BCUT2D eigenvalue weighted by Crippen LogP contribution is -2.40. The van der Waals surface area contributed by atoms with Crippen molar-refractivity contribution in [2.75, 3.05) is 25.5 Å². The standard InChI is InChI=1S/C13H17FN2O2/c1-16-7-3-4-9(8-16)15-11-6-2-5-10(14)12(11)13(17)18/h2,5-6,9,15H,3-4,7-8H2,1H3,(H,17,18). The zero-order valence-electron chi connectivity index (χ0n) is 10.3. The second-order valence-corrected chi connectivity index (χ2v) is 4.71. The Kier molecular flexibility index (Phi) is 3.81. The number of nitrogens with zero attached hydrogens (tertiary/aromatic N) is 1. The van der Waals surface area contributed by atoms with Gasteiger partial charge < -0.3 is 15.3 Å². The van der Waals surface area contributed by atoms with E-state index in [-0.39, 0.29) is 11.6 Å². The predicted octanol–water partition coefficient (Wildman–Crippen LogP) is 2.03. The number of carboxylic acids is 1. The molecule has 1 fully saturated rings. The lowest BCUT2D eigenvalue weighted by atomic mass is 10.0. The summed E-state index contributed by atoms with van der Waals surface area (Å²) in [5.74, 6) is -1.93. The first kappa shape index (κ1) is 12.8. The Hall–Kier alpha value is -1.62. The number of carboxylic acid groups (broad SMARTS) is 1. The van der Waals surface area contributed by atoms with E-state index in [9.17, 15) is 9.18 Å². The van der Waals surface area contributed by atoms with Gasteiger partial charge in [0.2, 0.25) is 0 Å². The van der Waals surface area contributed by atoms with Gasteiger partial charge in [0.15, 0.2) is 0 Å². The maximum absolute atomic E-state index is 13.5. The van der Waals surface area contributed by atoms with E-state index in [2.05, 4.69) is 10.2 Å². The second-order valence-electron chi connectivity index (χ2n) is 4.71. The van der Waals surface area contributed by atoms with E-state index in [0.717, 1.165) is 25.9 Å².